The van der Waals surface area contributed by atoms with Crippen LogP contribution < -0.4 is 5.32 Å². The summed E-state index contributed by atoms with van der Waals surface area (Å²) in [5, 5.41) is 4.83. The first-order chi connectivity index (χ1) is 12.4. The van der Waals surface area contributed by atoms with Crippen molar-refractivity contribution < 1.29 is 18.0 Å². The van der Waals surface area contributed by atoms with Gasteiger partial charge >= 0.3 is 0 Å². The van der Waals surface area contributed by atoms with Crippen LogP contribution in [0.1, 0.15) is 22.5 Å². The van der Waals surface area contributed by atoms with Gasteiger partial charge in [-0.25, -0.2) is 8.42 Å². The molecule has 2 aliphatic rings. The highest BCUT2D eigenvalue weighted by Crippen LogP contribution is 2.20. The molecule has 9 heteroatoms. The minimum absolute atomic E-state index is 0.00651. The topological polar surface area (TPSA) is 86.8 Å². The van der Waals surface area contributed by atoms with Gasteiger partial charge < -0.3 is 10.2 Å². The molecule has 0 spiro atoms. The first kappa shape index (κ1) is 19.3. The molecule has 7 nitrogen and oxygen atoms in total. The van der Waals surface area contributed by atoms with Crippen molar-refractivity contribution in [1.29, 1.82) is 0 Å². The van der Waals surface area contributed by atoms with Crippen molar-refractivity contribution in [2.75, 3.05) is 50.8 Å². The molecule has 0 radical (unpaired) electrons. The van der Waals surface area contributed by atoms with Gasteiger partial charge in [-0.2, -0.15) is 0 Å². The van der Waals surface area contributed by atoms with Crippen LogP contribution in [-0.4, -0.2) is 80.8 Å². The van der Waals surface area contributed by atoms with E-state index in [-0.39, 0.29) is 29.2 Å². The Labute approximate surface area is 158 Å². The highest BCUT2D eigenvalue weighted by molar-refractivity contribution is 7.91. The molecule has 26 heavy (non-hydrogen) atoms. The fourth-order valence-corrected chi connectivity index (χ4v) is 5.35. The highest BCUT2D eigenvalue weighted by Gasteiger charge is 2.29. The summed E-state index contributed by atoms with van der Waals surface area (Å²) in [7, 11) is -2.87. The molecule has 0 unspecified atom stereocenters. The maximum absolute atomic E-state index is 12.5. The molecule has 3 rings (SSSR count). The number of rotatable bonds is 5. The quantitative estimate of drug-likeness (QED) is 0.777. The van der Waals surface area contributed by atoms with Crippen molar-refractivity contribution in [3.63, 3.8) is 0 Å². The normalized spacial score (nSPS) is 23.5. The van der Waals surface area contributed by atoms with Crippen LogP contribution in [0.3, 0.4) is 0 Å². The Morgan fingerprint density at radius 1 is 1.23 bits per heavy atom. The van der Waals surface area contributed by atoms with Gasteiger partial charge in [0.25, 0.3) is 5.91 Å². The van der Waals surface area contributed by atoms with Gasteiger partial charge in [-0.05, 0) is 24.3 Å². The Kier molecular flexibility index (Phi) is 6.31. The lowest BCUT2D eigenvalue weighted by atomic mass is 9.97. The first-order valence-corrected chi connectivity index (χ1v) is 11.7. The molecule has 1 aromatic rings. The predicted molar refractivity (Wildman–Crippen MR) is 101 cm³/mol. The van der Waals surface area contributed by atoms with Gasteiger partial charge in [-0.3, -0.25) is 14.5 Å². The fraction of sp³-hybridized carbons (Fsp3) is 0.647. The minimum Gasteiger partial charge on any atom is -0.355 e. The molecule has 2 amide bonds. The van der Waals surface area contributed by atoms with E-state index in [0.29, 0.717) is 44.1 Å². The Hall–Kier alpha value is -1.45. The van der Waals surface area contributed by atoms with Crippen LogP contribution in [0.5, 0.6) is 0 Å². The van der Waals surface area contributed by atoms with Crippen LogP contribution in [0.2, 0.25) is 0 Å². The highest BCUT2D eigenvalue weighted by atomic mass is 32.2. The summed E-state index contributed by atoms with van der Waals surface area (Å²) < 4.78 is 22.9. The van der Waals surface area contributed by atoms with Crippen molar-refractivity contribution in [3.8, 4) is 0 Å². The summed E-state index contributed by atoms with van der Waals surface area (Å²) in [5.74, 6) is 0.215. The summed E-state index contributed by atoms with van der Waals surface area (Å²) >= 11 is 1.42. The van der Waals surface area contributed by atoms with Gasteiger partial charge in [0.05, 0.1) is 22.3 Å². The third kappa shape index (κ3) is 5.05. The smallest absolute Gasteiger partial charge is 0.263 e. The van der Waals surface area contributed by atoms with E-state index in [4.69, 9.17) is 0 Å². The zero-order chi connectivity index (χ0) is 18.6. The number of hydrogen-bond acceptors (Lipinski definition) is 6. The number of likely N-dealkylation sites (tertiary alicyclic amines) is 1. The van der Waals surface area contributed by atoms with E-state index in [1.54, 1.807) is 4.90 Å². The number of nitrogens with one attached hydrogen (secondary N) is 1. The van der Waals surface area contributed by atoms with E-state index in [2.05, 4.69) is 10.2 Å². The first-order valence-electron chi connectivity index (χ1n) is 8.98. The molecule has 2 fully saturated rings. The second kappa shape index (κ2) is 8.49. The number of thiophene rings is 1. The van der Waals surface area contributed by atoms with Gasteiger partial charge in [-0.1, -0.05) is 6.07 Å². The SMILES string of the molecule is O=C(NCCN1CCS(=O)(=O)CC1)[C@@H]1CCCN(C(=O)c2cccs2)C1. The Balaban J connectivity index is 1.42. The molecule has 0 saturated carbocycles. The standard InChI is InChI=1S/C17H25N3O4S2/c21-16(18-5-7-19-8-11-26(23,24)12-9-19)14-3-1-6-20(13-14)17(22)15-4-2-10-25-15/h2,4,10,14H,1,3,5-9,11-13H2,(H,18,21)/t14-/m1/s1. The molecule has 0 aromatic carbocycles. The number of carbonyl (C=O) groups excluding carboxylic acids is 2. The minimum atomic E-state index is -2.87. The predicted octanol–water partition coefficient (Wildman–Crippen LogP) is 0.447. The van der Waals surface area contributed by atoms with Gasteiger partial charge in [0.15, 0.2) is 9.84 Å². The Morgan fingerprint density at radius 2 is 2.00 bits per heavy atom. The lowest BCUT2D eigenvalue weighted by Gasteiger charge is -2.32. The molecule has 2 aliphatic heterocycles. The maximum atomic E-state index is 12.5. The van der Waals surface area contributed by atoms with Crippen LogP contribution in [-0.2, 0) is 14.6 Å². The number of hydrogen-bond donors (Lipinski definition) is 1. The molecule has 3 heterocycles. The Morgan fingerprint density at radius 3 is 2.69 bits per heavy atom. The summed E-state index contributed by atoms with van der Waals surface area (Å²) in [4.78, 5) is 29.4. The number of piperidine rings is 1. The molecular weight excluding hydrogens is 374 g/mol. The van der Waals surface area contributed by atoms with Gasteiger partial charge in [0, 0.05) is 39.3 Å². The average molecular weight is 400 g/mol. The fourth-order valence-electron chi connectivity index (χ4n) is 3.39. The van der Waals surface area contributed by atoms with E-state index in [0.717, 1.165) is 12.8 Å². The van der Waals surface area contributed by atoms with E-state index >= 15 is 0 Å². The van der Waals surface area contributed by atoms with E-state index in [1.807, 2.05) is 17.5 Å². The third-order valence-electron chi connectivity index (χ3n) is 4.98. The van der Waals surface area contributed by atoms with Crippen LogP contribution >= 0.6 is 11.3 Å². The summed E-state index contributed by atoms with van der Waals surface area (Å²) in [5.41, 5.74) is 0. The molecule has 1 aromatic heterocycles. The molecular formula is C17H25N3O4S2. The molecule has 144 valence electrons. The largest absolute Gasteiger partial charge is 0.355 e. The van der Waals surface area contributed by atoms with Gasteiger partial charge in [0.1, 0.15) is 0 Å². The third-order valence-corrected chi connectivity index (χ3v) is 7.44. The van der Waals surface area contributed by atoms with Crippen molar-refractivity contribution in [2.45, 2.75) is 12.8 Å². The average Bonchev–Trinajstić information content (AvgIpc) is 3.17. The summed E-state index contributed by atoms with van der Waals surface area (Å²) in [6, 6.07) is 3.67. The van der Waals surface area contributed by atoms with E-state index < -0.39 is 9.84 Å². The molecule has 2 saturated heterocycles. The summed E-state index contributed by atoms with van der Waals surface area (Å²) in [6.07, 6.45) is 1.63. The number of sulfone groups is 1. The molecule has 1 N–H and O–H groups in total. The monoisotopic (exact) mass is 399 g/mol. The van der Waals surface area contributed by atoms with Crippen LogP contribution in [0, 0.1) is 5.92 Å². The van der Waals surface area contributed by atoms with Crippen molar-refractivity contribution >= 4 is 33.0 Å². The van der Waals surface area contributed by atoms with Crippen LogP contribution in [0.15, 0.2) is 17.5 Å². The number of carbonyl (C=O) groups is 2. The maximum Gasteiger partial charge on any atom is 0.263 e. The molecule has 0 bridgehead atoms. The van der Waals surface area contributed by atoms with Crippen LogP contribution in [0.4, 0.5) is 0 Å². The lowest BCUT2D eigenvalue weighted by Crippen LogP contribution is -2.47. The summed E-state index contributed by atoms with van der Waals surface area (Å²) in [6.45, 7) is 3.39. The van der Waals surface area contributed by atoms with Crippen molar-refractivity contribution in [2.24, 2.45) is 5.92 Å². The number of nitrogens with zero attached hydrogens (tertiary/aromatic N) is 2. The van der Waals surface area contributed by atoms with Gasteiger partial charge in [-0.15, -0.1) is 11.3 Å². The second-order valence-electron chi connectivity index (χ2n) is 6.85. The van der Waals surface area contributed by atoms with Crippen molar-refractivity contribution in [1.82, 2.24) is 15.1 Å². The molecule has 0 aliphatic carbocycles. The zero-order valence-electron chi connectivity index (χ0n) is 14.7. The van der Waals surface area contributed by atoms with Crippen molar-refractivity contribution in [3.05, 3.63) is 22.4 Å². The van der Waals surface area contributed by atoms with E-state index in [1.165, 1.54) is 11.3 Å². The zero-order valence-corrected chi connectivity index (χ0v) is 16.4. The van der Waals surface area contributed by atoms with E-state index in [9.17, 15) is 18.0 Å². The Bertz CT molecular complexity index is 719. The molecule has 1 atom stereocenters. The lowest BCUT2D eigenvalue weighted by molar-refractivity contribution is -0.126. The van der Waals surface area contributed by atoms with Gasteiger partial charge in [0.2, 0.25) is 5.91 Å². The second-order valence-corrected chi connectivity index (χ2v) is 10.1. The van der Waals surface area contributed by atoms with Crippen LogP contribution in [0.25, 0.3) is 0 Å². The number of amides is 2.